The van der Waals surface area contributed by atoms with Crippen molar-refractivity contribution in [2.24, 2.45) is 0 Å². The molecular weight excluding hydrogens is 332 g/mol. The van der Waals surface area contributed by atoms with Gasteiger partial charge in [-0.1, -0.05) is 18.2 Å². The first kappa shape index (κ1) is 16.6. The van der Waals surface area contributed by atoms with Crippen molar-refractivity contribution in [3.63, 3.8) is 0 Å². The van der Waals surface area contributed by atoms with E-state index in [2.05, 4.69) is 5.32 Å². The maximum absolute atomic E-state index is 12.4. The smallest absolute Gasteiger partial charge is 0.341 e. The number of carbonyl (C=O) groups is 1. The van der Waals surface area contributed by atoms with E-state index in [0.29, 0.717) is 12.1 Å². The zero-order valence-electron chi connectivity index (χ0n) is 11.3. The molecule has 0 aliphatic carbocycles. The fraction of sp³-hybridized carbons (Fsp3) is 0.214. The molecule has 0 saturated heterocycles. The summed E-state index contributed by atoms with van der Waals surface area (Å²) in [5.41, 5.74) is 0.553. The topological polar surface area (TPSA) is 63.2 Å². The molecule has 22 heavy (non-hydrogen) atoms. The van der Waals surface area contributed by atoms with Gasteiger partial charge in [0.1, 0.15) is 0 Å². The molecule has 1 heterocycles. The molecule has 0 fully saturated rings. The van der Waals surface area contributed by atoms with E-state index in [1.807, 2.05) is 17.5 Å². The molecule has 0 radical (unpaired) electrons. The Bertz CT molecular complexity index is 726. The lowest BCUT2D eigenvalue weighted by molar-refractivity contribution is -0.120. The Morgan fingerprint density at radius 1 is 1.18 bits per heavy atom. The second kappa shape index (κ2) is 6.97. The molecule has 0 bridgehead atoms. The van der Waals surface area contributed by atoms with Crippen LogP contribution in [0.5, 0.6) is 0 Å². The number of rotatable bonds is 6. The Morgan fingerprint density at radius 2 is 1.86 bits per heavy atom. The van der Waals surface area contributed by atoms with Gasteiger partial charge >= 0.3 is 5.76 Å². The van der Waals surface area contributed by atoms with Gasteiger partial charge in [0.25, 0.3) is 0 Å². The molecule has 8 heteroatoms. The van der Waals surface area contributed by atoms with Gasteiger partial charge in [-0.2, -0.15) is 8.78 Å². The zero-order valence-corrected chi connectivity index (χ0v) is 13.0. The van der Waals surface area contributed by atoms with Crippen molar-refractivity contribution >= 4 is 27.1 Å². The summed E-state index contributed by atoms with van der Waals surface area (Å²) >= 11 is 1.53. The quantitative estimate of drug-likeness (QED) is 0.875. The largest absolute Gasteiger partial charge is 0.351 e. The molecule has 1 amide bonds. The number of alkyl halides is 2. The Morgan fingerprint density at radius 3 is 2.41 bits per heavy atom. The Labute approximate surface area is 130 Å². The highest BCUT2D eigenvalue weighted by atomic mass is 32.2. The number of carbonyl (C=O) groups excluding carboxylic acids is 1. The van der Waals surface area contributed by atoms with Gasteiger partial charge in [-0.15, -0.1) is 11.3 Å². The number of hydrogen-bond donors (Lipinski definition) is 1. The molecule has 0 aliphatic heterocycles. The van der Waals surface area contributed by atoms with Crippen LogP contribution in [0.4, 0.5) is 8.78 Å². The minimum Gasteiger partial charge on any atom is -0.351 e. The molecule has 2 rings (SSSR count). The first-order valence-electron chi connectivity index (χ1n) is 6.29. The summed E-state index contributed by atoms with van der Waals surface area (Å²) in [7, 11) is -4.59. The second-order valence-electron chi connectivity index (χ2n) is 4.48. The van der Waals surface area contributed by atoms with E-state index >= 15 is 0 Å². The molecule has 0 unspecified atom stereocenters. The fourth-order valence-electron chi connectivity index (χ4n) is 1.75. The third-order valence-electron chi connectivity index (χ3n) is 2.89. The highest BCUT2D eigenvalue weighted by Crippen LogP contribution is 2.18. The van der Waals surface area contributed by atoms with E-state index in [9.17, 15) is 22.0 Å². The van der Waals surface area contributed by atoms with Crippen molar-refractivity contribution in [3.8, 4) is 0 Å². The molecule has 1 aromatic heterocycles. The zero-order chi connectivity index (χ0) is 16.2. The van der Waals surface area contributed by atoms with Crippen molar-refractivity contribution in [1.82, 2.24) is 5.32 Å². The number of amides is 1. The van der Waals surface area contributed by atoms with Gasteiger partial charge in [-0.3, -0.25) is 4.79 Å². The van der Waals surface area contributed by atoms with Crippen LogP contribution in [0, 0.1) is 0 Å². The lowest BCUT2D eigenvalue weighted by Crippen LogP contribution is -2.24. The van der Waals surface area contributed by atoms with Crippen LogP contribution in [-0.4, -0.2) is 20.1 Å². The minimum atomic E-state index is -4.59. The summed E-state index contributed by atoms with van der Waals surface area (Å²) in [6.07, 6.45) is 0.0559. The van der Waals surface area contributed by atoms with Crippen LogP contribution in [0.3, 0.4) is 0 Å². The van der Waals surface area contributed by atoms with Gasteiger partial charge in [-0.25, -0.2) is 8.42 Å². The summed E-state index contributed by atoms with van der Waals surface area (Å²) in [5, 5.41) is 4.64. The molecule has 0 atom stereocenters. The number of sulfone groups is 1. The molecule has 2 aromatic rings. The van der Waals surface area contributed by atoms with Crippen molar-refractivity contribution < 1.29 is 22.0 Å². The molecule has 1 aromatic carbocycles. The highest BCUT2D eigenvalue weighted by Gasteiger charge is 2.26. The summed E-state index contributed by atoms with van der Waals surface area (Å²) in [4.78, 5) is 12.3. The van der Waals surface area contributed by atoms with Crippen molar-refractivity contribution in [1.29, 1.82) is 0 Å². The molecule has 0 spiro atoms. The van der Waals surface area contributed by atoms with E-state index in [0.717, 1.165) is 17.0 Å². The second-order valence-corrected chi connectivity index (χ2v) is 7.43. The number of benzene rings is 1. The van der Waals surface area contributed by atoms with Gasteiger partial charge < -0.3 is 5.32 Å². The number of thiophene rings is 1. The van der Waals surface area contributed by atoms with Crippen LogP contribution in [0.1, 0.15) is 10.4 Å². The van der Waals surface area contributed by atoms with Gasteiger partial charge in [-0.05, 0) is 29.1 Å². The lowest BCUT2D eigenvalue weighted by atomic mass is 10.1. The maximum Gasteiger partial charge on any atom is 0.341 e. The first-order chi connectivity index (χ1) is 10.4. The average Bonchev–Trinajstić information content (AvgIpc) is 2.99. The minimum absolute atomic E-state index is 0.0559. The number of nitrogens with one attached hydrogen (secondary N) is 1. The van der Waals surface area contributed by atoms with E-state index < -0.39 is 20.5 Å². The van der Waals surface area contributed by atoms with E-state index in [4.69, 9.17) is 0 Å². The lowest BCUT2D eigenvalue weighted by Gasteiger charge is -2.06. The third kappa shape index (κ3) is 4.11. The van der Waals surface area contributed by atoms with Gasteiger partial charge in [0.15, 0.2) is 0 Å². The molecule has 0 saturated carbocycles. The fourth-order valence-corrected chi connectivity index (χ4v) is 3.11. The predicted molar refractivity (Wildman–Crippen MR) is 79.5 cm³/mol. The number of hydrogen-bond acceptors (Lipinski definition) is 4. The van der Waals surface area contributed by atoms with Crippen molar-refractivity contribution in [2.75, 3.05) is 0 Å². The Balaban J connectivity index is 1.95. The van der Waals surface area contributed by atoms with Crippen molar-refractivity contribution in [3.05, 3.63) is 52.2 Å². The summed E-state index contributed by atoms with van der Waals surface area (Å²) < 4.78 is 47.3. The third-order valence-corrected chi connectivity index (χ3v) is 5.17. The van der Waals surface area contributed by atoms with E-state index in [-0.39, 0.29) is 12.3 Å². The molecular formula is C14H13F2NO3S2. The van der Waals surface area contributed by atoms with E-state index in [1.54, 1.807) is 0 Å². The van der Waals surface area contributed by atoms with Gasteiger partial charge in [0.05, 0.1) is 17.9 Å². The standard InChI is InChI=1S/C14H13F2NO3S2/c15-14(16)22(19,20)12-5-3-10(4-6-12)8-13(18)17-9-11-2-1-7-21-11/h1-7,14H,8-9H2,(H,17,18). The molecule has 0 aliphatic rings. The van der Waals surface area contributed by atoms with Crippen molar-refractivity contribution in [2.45, 2.75) is 23.6 Å². The molecule has 1 N–H and O–H groups in total. The summed E-state index contributed by atoms with van der Waals surface area (Å²) in [5.74, 6) is -3.68. The van der Waals surface area contributed by atoms with E-state index in [1.165, 1.54) is 23.5 Å². The highest BCUT2D eigenvalue weighted by molar-refractivity contribution is 7.91. The molecule has 4 nitrogen and oxygen atoms in total. The van der Waals surface area contributed by atoms with Gasteiger partial charge in [0, 0.05) is 4.88 Å². The summed E-state index contributed by atoms with van der Waals surface area (Å²) in [6, 6.07) is 8.68. The molecule has 118 valence electrons. The average molecular weight is 345 g/mol. The van der Waals surface area contributed by atoms with Crippen LogP contribution in [0.15, 0.2) is 46.7 Å². The van der Waals surface area contributed by atoms with Crippen LogP contribution < -0.4 is 5.32 Å². The van der Waals surface area contributed by atoms with Crippen LogP contribution in [0.2, 0.25) is 0 Å². The Hall–Kier alpha value is -1.80. The van der Waals surface area contributed by atoms with Crippen LogP contribution in [0.25, 0.3) is 0 Å². The number of halogens is 2. The predicted octanol–water partition coefficient (Wildman–Crippen LogP) is 2.60. The summed E-state index contributed by atoms with van der Waals surface area (Å²) in [6.45, 7) is 0.425. The SMILES string of the molecule is O=C(Cc1ccc(S(=O)(=O)C(F)F)cc1)NCc1cccs1. The first-order valence-corrected chi connectivity index (χ1v) is 8.72. The Kier molecular flexibility index (Phi) is 5.25. The monoisotopic (exact) mass is 345 g/mol. The normalized spacial score (nSPS) is 11.6. The maximum atomic E-state index is 12.4. The van der Waals surface area contributed by atoms with Gasteiger partial charge in [0.2, 0.25) is 15.7 Å². The van der Waals surface area contributed by atoms with Crippen LogP contribution >= 0.6 is 11.3 Å². The van der Waals surface area contributed by atoms with Crippen LogP contribution in [-0.2, 0) is 27.6 Å².